The molecule has 180 valence electrons. The van der Waals surface area contributed by atoms with Gasteiger partial charge in [0.05, 0.1) is 24.3 Å². The number of piperazine rings is 1. The van der Waals surface area contributed by atoms with E-state index in [1.54, 1.807) is 0 Å². The quantitative estimate of drug-likeness (QED) is 0.417. The number of benzene rings is 2. The van der Waals surface area contributed by atoms with Crippen LogP contribution in [0.25, 0.3) is 11.3 Å². The number of hydrogen-bond acceptors (Lipinski definition) is 5. The topological polar surface area (TPSA) is 67.4 Å². The van der Waals surface area contributed by atoms with E-state index in [-0.39, 0.29) is 5.91 Å². The van der Waals surface area contributed by atoms with Crippen LogP contribution in [0.4, 0.5) is 0 Å². The van der Waals surface area contributed by atoms with Crippen LogP contribution < -0.4 is 0 Å². The molecular formula is C28H31N5O2. The Bertz CT molecular complexity index is 1300. The van der Waals surface area contributed by atoms with E-state index in [4.69, 9.17) is 9.62 Å². The predicted octanol–water partition coefficient (Wildman–Crippen LogP) is 4.47. The second-order valence-electron chi connectivity index (χ2n) is 9.44. The van der Waals surface area contributed by atoms with Crippen molar-refractivity contribution in [3.05, 3.63) is 94.5 Å². The van der Waals surface area contributed by atoms with Gasteiger partial charge in [0.15, 0.2) is 5.76 Å². The fourth-order valence-electron chi connectivity index (χ4n) is 4.45. The van der Waals surface area contributed by atoms with Gasteiger partial charge in [-0.1, -0.05) is 64.8 Å². The van der Waals surface area contributed by atoms with Crippen LogP contribution in [0.15, 0.2) is 65.3 Å². The van der Waals surface area contributed by atoms with Gasteiger partial charge in [-0.15, -0.1) is 0 Å². The molecule has 5 rings (SSSR count). The molecule has 7 nitrogen and oxygen atoms in total. The Labute approximate surface area is 206 Å². The maximum Gasteiger partial charge on any atom is 0.257 e. The third kappa shape index (κ3) is 5.35. The Kier molecular flexibility index (Phi) is 6.51. The summed E-state index contributed by atoms with van der Waals surface area (Å²) in [7, 11) is 0. The Morgan fingerprint density at radius 2 is 1.54 bits per heavy atom. The monoisotopic (exact) mass is 469 g/mol. The molecule has 35 heavy (non-hydrogen) atoms. The maximum absolute atomic E-state index is 13.7. The molecule has 0 unspecified atom stereocenters. The number of aryl methyl sites for hydroxylation is 3. The molecule has 3 heterocycles. The number of carbonyl (C=O) groups is 1. The second-order valence-corrected chi connectivity index (χ2v) is 9.44. The fraction of sp³-hybridized carbons (Fsp3) is 0.321. The van der Waals surface area contributed by atoms with Crippen LogP contribution in [0.5, 0.6) is 0 Å². The smallest absolute Gasteiger partial charge is 0.257 e. The summed E-state index contributed by atoms with van der Waals surface area (Å²) >= 11 is 0. The number of amides is 1. The zero-order valence-electron chi connectivity index (χ0n) is 20.6. The number of carbonyl (C=O) groups excluding carboxylic acids is 1. The highest BCUT2D eigenvalue weighted by atomic mass is 16.5. The molecule has 0 N–H and O–H groups in total. The molecule has 1 amide bonds. The summed E-state index contributed by atoms with van der Waals surface area (Å²) in [6.45, 7) is 10.3. The molecule has 0 aliphatic carbocycles. The second kappa shape index (κ2) is 9.88. The third-order valence-corrected chi connectivity index (χ3v) is 6.50. The zero-order valence-corrected chi connectivity index (χ0v) is 20.6. The van der Waals surface area contributed by atoms with Crippen molar-refractivity contribution in [2.75, 3.05) is 26.2 Å². The molecule has 2 aromatic heterocycles. The third-order valence-electron chi connectivity index (χ3n) is 6.50. The molecule has 7 heteroatoms. The fourth-order valence-corrected chi connectivity index (χ4v) is 4.45. The van der Waals surface area contributed by atoms with Gasteiger partial charge in [-0.3, -0.25) is 14.4 Å². The van der Waals surface area contributed by atoms with E-state index in [9.17, 15) is 4.79 Å². The lowest BCUT2D eigenvalue weighted by Gasteiger charge is -2.34. The highest BCUT2D eigenvalue weighted by molar-refractivity contribution is 5.99. The molecule has 0 atom stereocenters. The summed E-state index contributed by atoms with van der Waals surface area (Å²) in [4.78, 5) is 17.9. The number of rotatable bonds is 6. The van der Waals surface area contributed by atoms with E-state index in [2.05, 4.69) is 60.3 Å². The zero-order chi connectivity index (χ0) is 24.4. The van der Waals surface area contributed by atoms with Gasteiger partial charge < -0.3 is 9.42 Å². The lowest BCUT2D eigenvalue weighted by molar-refractivity contribution is 0.0618. The lowest BCUT2D eigenvalue weighted by atomic mass is 10.1. The van der Waals surface area contributed by atoms with E-state index in [1.165, 1.54) is 11.1 Å². The van der Waals surface area contributed by atoms with Crippen LogP contribution in [-0.4, -0.2) is 56.8 Å². The van der Waals surface area contributed by atoms with Crippen molar-refractivity contribution < 1.29 is 9.32 Å². The van der Waals surface area contributed by atoms with Crippen LogP contribution in [-0.2, 0) is 13.1 Å². The van der Waals surface area contributed by atoms with Crippen LogP contribution in [0, 0.1) is 20.8 Å². The number of hydrogen-bond donors (Lipinski definition) is 0. The summed E-state index contributed by atoms with van der Waals surface area (Å²) in [6.07, 6.45) is 1.90. The molecule has 0 radical (unpaired) electrons. The Morgan fingerprint density at radius 3 is 2.17 bits per heavy atom. The van der Waals surface area contributed by atoms with Crippen molar-refractivity contribution in [1.82, 2.24) is 24.7 Å². The molecule has 1 aliphatic rings. The summed E-state index contributed by atoms with van der Waals surface area (Å²) in [6, 6.07) is 18.6. The van der Waals surface area contributed by atoms with E-state index in [1.807, 2.05) is 40.9 Å². The van der Waals surface area contributed by atoms with Crippen LogP contribution in [0.2, 0.25) is 0 Å². The molecule has 0 bridgehead atoms. The average molecular weight is 470 g/mol. The molecule has 0 saturated carbocycles. The largest absolute Gasteiger partial charge is 0.360 e. The normalized spacial score (nSPS) is 14.4. The first-order valence-corrected chi connectivity index (χ1v) is 12.1. The maximum atomic E-state index is 13.7. The molecule has 1 aliphatic heterocycles. The molecule has 4 aromatic rings. The van der Waals surface area contributed by atoms with Gasteiger partial charge in [0, 0.05) is 44.0 Å². The Balaban J connectivity index is 1.35. The van der Waals surface area contributed by atoms with Gasteiger partial charge >= 0.3 is 0 Å². The minimum atomic E-state index is 0.0332. The van der Waals surface area contributed by atoms with E-state index in [0.29, 0.717) is 31.7 Å². The first kappa shape index (κ1) is 23.1. The molecule has 2 aromatic carbocycles. The Morgan fingerprint density at radius 1 is 0.886 bits per heavy atom. The van der Waals surface area contributed by atoms with Crippen LogP contribution in [0.1, 0.15) is 38.5 Å². The van der Waals surface area contributed by atoms with Crippen LogP contribution >= 0.6 is 0 Å². The van der Waals surface area contributed by atoms with Crippen molar-refractivity contribution in [3.8, 4) is 11.3 Å². The van der Waals surface area contributed by atoms with Crippen molar-refractivity contribution >= 4 is 5.91 Å². The molecule has 1 fully saturated rings. The summed E-state index contributed by atoms with van der Waals surface area (Å²) < 4.78 is 7.24. The van der Waals surface area contributed by atoms with Crippen molar-refractivity contribution in [2.45, 2.75) is 33.9 Å². The average Bonchev–Trinajstić information content (AvgIpc) is 3.47. The molecular weight excluding hydrogens is 438 g/mol. The summed E-state index contributed by atoms with van der Waals surface area (Å²) in [5.74, 6) is 0.896. The van der Waals surface area contributed by atoms with Crippen molar-refractivity contribution in [1.29, 1.82) is 0 Å². The minimum absolute atomic E-state index is 0.0332. The standard InChI is InChI=1S/C28H31N5O2/c1-20-4-8-23(9-5-20)17-33-19-26(27(29-33)24-10-6-21(2)7-11-24)28(34)32-14-12-31(13-15-32)18-25-16-22(3)30-35-25/h4-11,16,19H,12-15,17-18H2,1-3H3. The van der Waals surface area contributed by atoms with Crippen LogP contribution in [0.3, 0.4) is 0 Å². The first-order chi connectivity index (χ1) is 16.9. The highest BCUT2D eigenvalue weighted by Gasteiger charge is 2.27. The van der Waals surface area contributed by atoms with E-state index < -0.39 is 0 Å². The SMILES string of the molecule is Cc1ccc(Cn2cc(C(=O)N3CCN(Cc4cc(C)no4)CC3)c(-c3ccc(C)cc3)n2)cc1. The predicted molar refractivity (Wildman–Crippen MR) is 135 cm³/mol. The van der Waals surface area contributed by atoms with Crippen molar-refractivity contribution in [3.63, 3.8) is 0 Å². The Hall–Kier alpha value is -3.71. The molecule has 1 saturated heterocycles. The molecule has 0 spiro atoms. The van der Waals surface area contributed by atoms with Gasteiger partial charge in [-0.2, -0.15) is 5.10 Å². The van der Waals surface area contributed by atoms with E-state index >= 15 is 0 Å². The van der Waals surface area contributed by atoms with Gasteiger partial charge in [0.2, 0.25) is 0 Å². The number of nitrogens with zero attached hydrogens (tertiary/aromatic N) is 5. The van der Waals surface area contributed by atoms with Crippen molar-refractivity contribution in [2.24, 2.45) is 0 Å². The minimum Gasteiger partial charge on any atom is -0.360 e. The number of aromatic nitrogens is 3. The van der Waals surface area contributed by atoms with Gasteiger partial charge in [0.25, 0.3) is 5.91 Å². The van der Waals surface area contributed by atoms with Gasteiger partial charge in [-0.25, -0.2) is 0 Å². The van der Waals surface area contributed by atoms with Gasteiger partial charge in [0.1, 0.15) is 5.69 Å². The first-order valence-electron chi connectivity index (χ1n) is 12.1. The van der Waals surface area contributed by atoms with Gasteiger partial charge in [-0.05, 0) is 26.3 Å². The highest BCUT2D eigenvalue weighted by Crippen LogP contribution is 2.25. The summed E-state index contributed by atoms with van der Waals surface area (Å²) in [5, 5.41) is 8.83. The lowest BCUT2D eigenvalue weighted by Crippen LogP contribution is -2.48. The van der Waals surface area contributed by atoms with E-state index in [0.717, 1.165) is 41.4 Å². The summed E-state index contributed by atoms with van der Waals surface area (Å²) in [5.41, 5.74) is 6.80.